The lowest BCUT2D eigenvalue weighted by molar-refractivity contribution is 0.100. The number of nitrogens with one attached hydrogen (secondary N) is 3. The van der Waals surface area contributed by atoms with Crippen molar-refractivity contribution >= 4 is 62.6 Å². The van der Waals surface area contributed by atoms with Gasteiger partial charge in [0.25, 0.3) is 5.91 Å². The number of ether oxygens (including phenoxy) is 1. The largest absolute Gasteiger partial charge is 0.506 e. The number of amides is 3. The van der Waals surface area contributed by atoms with Crippen molar-refractivity contribution in [2.24, 2.45) is 5.73 Å². The SMILES string of the molecule is COc1cccc(Nc2c(C(N)=O)cnc3c(C)cc(Sc4cccc(CN(C)C(=O)N5CCN(c6ccc(CCCCNCC(O)c7ccc(O)c8[nH]c(=O)ccc78)cc6)CC5)c4)cc23)c1. The second-order valence-electron chi connectivity index (χ2n) is 16.9. The smallest absolute Gasteiger partial charge is 0.320 e. The number of urea groups is 1. The monoisotopic (exact) mass is 920 g/mol. The number of rotatable bonds is 17. The van der Waals surface area contributed by atoms with Crippen LogP contribution in [-0.4, -0.2) is 95.3 Å². The van der Waals surface area contributed by atoms with Gasteiger partial charge in [-0.2, -0.15) is 0 Å². The number of phenolic OH excluding ortho intramolecular Hbond substituents is 1. The number of carbonyl (C=O) groups excluding carboxylic acids is 2. The standard InChI is InChI=1S/C52H56N8O6S/c1-33-26-40(29-43-48(33)55-30-44(51(53)64)49(43)56-36-10-7-11-38(28-36)66-3)67-39-12-6-9-35(27-39)32-58(2)52(65)60-24-22-59(23-25-60)37-15-13-34(14-16-37)8-4-5-21-54-31-46(62)41-17-19-45(61)50-42(41)18-20-47(63)57-50/h6-7,9-20,26-30,46,54,61-62H,4-5,8,21-25,31-32H2,1-3H3,(H2,53,64)(H,55,56)(H,57,63). The Labute approximate surface area is 393 Å². The summed E-state index contributed by atoms with van der Waals surface area (Å²) in [4.78, 5) is 53.2. The molecule has 14 nitrogen and oxygen atoms in total. The van der Waals surface area contributed by atoms with Crippen LogP contribution in [-0.2, 0) is 13.0 Å². The third-order valence-corrected chi connectivity index (χ3v) is 13.1. The third kappa shape index (κ3) is 11.1. The number of hydrogen-bond acceptors (Lipinski definition) is 11. The second kappa shape index (κ2) is 21.0. The van der Waals surface area contributed by atoms with Crippen LogP contribution in [0.1, 0.15) is 51.6 Å². The molecule has 1 aliphatic heterocycles. The maximum Gasteiger partial charge on any atom is 0.320 e. The Balaban J connectivity index is 0.798. The molecule has 1 aliphatic rings. The number of fused-ring (bicyclic) bond motifs is 2. The van der Waals surface area contributed by atoms with Crippen molar-refractivity contribution in [3.8, 4) is 11.5 Å². The Morgan fingerprint density at radius 3 is 2.48 bits per heavy atom. The van der Waals surface area contributed by atoms with Gasteiger partial charge in [-0.05, 0) is 116 Å². The number of aromatic nitrogens is 2. The van der Waals surface area contributed by atoms with Crippen LogP contribution in [0.15, 0.2) is 130 Å². The first kappa shape index (κ1) is 46.5. The van der Waals surface area contributed by atoms with Crippen LogP contribution >= 0.6 is 11.8 Å². The topological polar surface area (TPSA) is 189 Å². The molecular formula is C52H56N8O6S. The van der Waals surface area contributed by atoms with E-state index in [1.807, 2.05) is 61.3 Å². The molecule has 1 atom stereocenters. The zero-order valence-electron chi connectivity index (χ0n) is 37.9. The number of unbranched alkanes of at least 4 members (excludes halogenated alkanes) is 1. The number of anilines is 3. The number of aryl methyl sites for hydroxylation is 2. The summed E-state index contributed by atoms with van der Waals surface area (Å²) in [6, 6.07) is 34.7. The number of nitrogens with zero attached hydrogens (tertiary/aromatic N) is 4. The van der Waals surface area contributed by atoms with E-state index in [1.54, 1.807) is 35.9 Å². The first-order chi connectivity index (χ1) is 32.4. The number of methoxy groups -OCH3 is 1. The van der Waals surface area contributed by atoms with Crippen LogP contribution in [0.4, 0.5) is 21.9 Å². The normalized spacial score (nSPS) is 13.2. The van der Waals surface area contributed by atoms with Gasteiger partial charge in [-0.25, -0.2) is 4.79 Å². The first-order valence-corrected chi connectivity index (χ1v) is 23.2. The van der Waals surface area contributed by atoms with E-state index in [0.717, 1.165) is 82.1 Å². The molecular weight excluding hydrogens is 865 g/mol. The number of H-pyrrole nitrogens is 1. The number of piperazine rings is 1. The molecule has 7 aromatic rings. The number of aliphatic hydroxyl groups is 1. The summed E-state index contributed by atoms with van der Waals surface area (Å²) in [5, 5.41) is 29.1. The molecule has 0 saturated carbocycles. The molecule has 3 amide bonds. The minimum absolute atomic E-state index is 0.00226. The lowest BCUT2D eigenvalue weighted by Crippen LogP contribution is -2.52. The van der Waals surface area contributed by atoms with Crippen LogP contribution in [0.3, 0.4) is 0 Å². The van der Waals surface area contributed by atoms with Crippen molar-refractivity contribution < 1.29 is 24.5 Å². The quantitative estimate of drug-likeness (QED) is 0.0484. The highest BCUT2D eigenvalue weighted by Gasteiger charge is 2.24. The molecule has 0 aliphatic carbocycles. The Hall–Kier alpha value is -7.07. The molecule has 3 heterocycles. The number of hydrogen-bond donors (Lipinski definition) is 6. The van der Waals surface area contributed by atoms with E-state index in [-0.39, 0.29) is 22.9 Å². The van der Waals surface area contributed by atoms with Gasteiger partial charge in [0.1, 0.15) is 11.5 Å². The summed E-state index contributed by atoms with van der Waals surface area (Å²) < 4.78 is 5.41. The Morgan fingerprint density at radius 2 is 1.70 bits per heavy atom. The fourth-order valence-corrected chi connectivity index (χ4v) is 9.65. The average Bonchev–Trinajstić information content (AvgIpc) is 3.33. The highest BCUT2D eigenvalue weighted by atomic mass is 32.2. The number of aromatic amines is 1. The summed E-state index contributed by atoms with van der Waals surface area (Å²) in [5.41, 5.74) is 13.3. The maximum atomic E-state index is 13.7. The molecule has 67 heavy (non-hydrogen) atoms. The number of carbonyl (C=O) groups is 2. The van der Waals surface area contributed by atoms with Crippen LogP contribution in [0.25, 0.3) is 21.8 Å². The first-order valence-electron chi connectivity index (χ1n) is 22.4. The van der Waals surface area contributed by atoms with Crippen molar-refractivity contribution in [1.29, 1.82) is 0 Å². The Bertz CT molecular complexity index is 2960. The summed E-state index contributed by atoms with van der Waals surface area (Å²) in [7, 11) is 3.46. The number of phenols is 1. The van der Waals surface area contributed by atoms with E-state index < -0.39 is 12.0 Å². The Morgan fingerprint density at radius 1 is 0.910 bits per heavy atom. The minimum atomic E-state index is -0.782. The average molecular weight is 921 g/mol. The molecule has 1 fully saturated rings. The van der Waals surface area contributed by atoms with E-state index in [2.05, 4.69) is 68.0 Å². The molecule has 1 saturated heterocycles. The van der Waals surface area contributed by atoms with Crippen molar-refractivity contribution in [3.63, 3.8) is 0 Å². The van der Waals surface area contributed by atoms with Gasteiger partial charge in [-0.1, -0.05) is 48.2 Å². The molecule has 5 aromatic carbocycles. The number of aromatic hydroxyl groups is 1. The molecule has 1 unspecified atom stereocenters. The van der Waals surface area contributed by atoms with Crippen molar-refractivity contribution in [3.05, 3.63) is 154 Å². The van der Waals surface area contributed by atoms with Gasteiger partial charge in [0.2, 0.25) is 5.56 Å². The van der Waals surface area contributed by atoms with Gasteiger partial charge in [0.05, 0.1) is 35.5 Å². The van der Waals surface area contributed by atoms with E-state index in [0.29, 0.717) is 54.1 Å². The van der Waals surface area contributed by atoms with Gasteiger partial charge in [-0.3, -0.25) is 14.6 Å². The van der Waals surface area contributed by atoms with Gasteiger partial charge in [0, 0.05) is 96.6 Å². The van der Waals surface area contributed by atoms with E-state index in [9.17, 15) is 24.6 Å². The van der Waals surface area contributed by atoms with E-state index >= 15 is 0 Å². The molecule has 15 heteroatoms. The van der Waals surface area contributed by atoms with Crippen molar-refractivity contribution in [2.45, 2.75) is 48.6 Å². The number of benzene rings is 5. The van der Waals surface area contributed by atoms with Crippen LogP contribution in [0.5, 0.6) is 11.5 Å². The van der Waals surface area contributed by atoms with Crippen LogP contribution in [0.2, 0.25) is 0 Å². The van der Waals surface area contributed by atoms with E-state index in [4.69, 9.17) is 10.5 Å². The van der Waals surface area contributed by atoms with Crippen LogP contribution in [0, 0.1) is 6.92 Å². The molecule has 8 rings (SSSR count). The van der Waals surface area contributed by atoms with Gasteiger partial charge in [0.15, 0.2) is 0 Å². The van der Waals surface area contributed by atoms with Crippen molar-refractivity contribution in [2.75, 3.05) is 63.6 Å². The van der Waals surface area contributed by atoms with E-state index in [1.165, 1.54) is 23.9 Å². The highest BCUT2D eigenvalue weighted by molar-refractivity contribution is 7.99. The summed E-state index contributed by atoms with van der Waals surface area (Å²) in [6.07, 6.45) is 3.63. The van der Waals surface area contributed by atoms with Crippen LogP contribution < -0.4 is 31.6 Å². The van der Waals surface area contributed by atoms with Gasteiger partial charge >= 0.3 is 6.03 Å². The summed E-state index contributed by atoms with van der Waals surface area (Å²) >= 11 is 1.60. The predicted octanol–water partition coefficient (Wildman–Crippen LogP) is 8.11. The third-order valence-electron chi connectivity index (χ3n) is 12.1. The molecule has 0 radical (unpaired) electrons. The molecule has 7 N–H and O–H groups in total. The minimum Gasteiger partial charge on any atom is -0.506 e. The molecule has 346 valence electrons. The molecule has 0 bridgehead atoms. The fraction of sp³-hybridized carbons (Fsp3) is 0.269. The Kier molecular flexibility index (Phi) is 14.6. The maximum absolute atomic E-state index is 13.7. The number of pyridine rings is 2. The fourth-order valence-electron chi connectivity index (χ4n) is 8.61. The lowest BCUT2D eigenvalue weighted by Gasteiger charge is -2.37. The zero-order valence-corrected chi connectivity index (χ0v) is 38.7. The molecule has 0 spiro atoms. The number of aliphatic hydroxyl groups excluding tert-OH is 1. The van der Waals surface area contributed by atoms with Gasteiger partial charge < -0.3 is 51.0 Å². The number of nitrogens with two attached hydrogens (primary N) is 1. The highest BCUT2D eigenvalue weighted by Crippen LogP contribution is 2.37. The summed E-state index contributed by atoms with van der Waals surface area (Å²) in [6.45, 7) is 6.34. The summed E-state index contributed by atoms with van der Waals surface area (Å²) in [5.74, 6) is 0.0758. The number of primary amides is 1. The van der Waals surface area contributed by atoms with Crippen molar-refractivity contribution in [1.82, 2.24) is 25.1 Å². The predicted molar refractivity (Wildman–Crippen MR) is 266 cm³/mol. The van der Waals surface area contributed by atoms with Gasteiger partial charge in [-0.15, -0.1) is 0 Å². The zero-order chi connectivity index (χ0) is 47.0. The lowest BCUT2D eigenvalue weighted by atomic mass is 10.0. The molecule has 2 aromatic heterocycles. The second-order valence-corrected chi connectivity index (χ2v) is 18.0.